The van der Waals surface area contributed by atoms with E-state index in [1.807, 2.05) is 46.0 Å². The largest absolute Gasteiger partial charge is 0.135 e. The third-order valence-electron chi connectivity index (χ3n) is 12.4. The number of allylic oxidation sites excluding steroid dienone is 7. The standard InChI is InChI=1S/C61H46S.2C2H6/c1-4-5-6-7-10-26-46-27-16-19-30-56(46)61(55-29-18-15-21-42(55)2)57-36-33-47(43(3)38-52(44-22-11-8-12-23-44)45-24-13-9-14-25-45)39-53(57)54-40-48(34-37-58(54)61)49-32-35-51-50-28-17-20-31-59(50)62-60(51)41-49;2*1-2/h4-41H,3H2,1-2H3;2*1-2H3/b5-4+,7-6-,26-10-;;. The third-order valence-corrected chi connectivity index (χ3v) is 13.6. The van der Waals surface area contributed by atoms with Crippen LogP contribution in [0.3, 0.4) is 0 Å². The first-order valence-corrected chi connectivity index (χ1v) is 24.2. The van der Waals surface area contributed by atoms with Gasteiger partial charge in [-0.3, -0.25) is 0 Å². The lowest BCUT2D eigenvalue weighted by Crippen LogP contribution is -2.30. The van der Waals surface area contributed by atoms with Gasteiger partial charge in [0.1, 0.15) is 0 Å². The van der Waals surface area contributed by atoms with Gasteiger partial charge in [-0.1, -0.05) is 235 Å². The maximum absolute atomic E-state index is 4.75. The second-order valence-electron chi connectivity index (χ2n) is 16.1. The molecule has 0 N–H and O–H groups in total. The van der Waals surface area contributed by atoms with Crippen LogP contribution < -0.4 is 0 Å². The molecule has 0 bridgehead atoms. The van der Waals surface area contributed by atoms with Crippen molar-refractivity contribution in [1.82, 2.24) is 0 Å². The van der Waals surface area contributed by atoms with E-state index in [-0.39, 0.29) is 0 Å². The summed E-state index contributed by atoms with van der Waals surface area (Å²) >= 11 is 1.87. The minimum atomic E-state index is -0.590. The van der Waals surface area contributed by atoms with Crippen molar-refractivity contribution in [1.29, 1.82) is 0 Å². The summed E-state index contributed by atoms with van der Waals surface area (Å²) in [5.41, 5.74) is 17.4. The van der Waals surface area contributed by atoms with Crippen LogP contribution in [0.4, 0.5) is 0 Å². The molecule has 0 radical (unpaired) electrons. The number of thiophene rings is 1. The molecular weight excluding hydrogens is 813 g/mol. The molecule has 1 aromatic heterocycles. The van der Waals surface area contributed by atoms with Gasteiger partial charge in [0.25, 0.3) is 0 Å². The zero-order valence-electron chi connectivity index (χ0n) is 39.1. The zero-order valence-corrected chi connectivity index (χ0v) is 39.9. The van der Waals surface area contributed by atoms with Gasteiger partial charge < -0.3 is 0 Å². The van der Waals surface area contributed by atoms with Crippen LogP contribution >= 0.6 is 11.3 Å². The van der Waals surface area contributed by atoms with Crippen molar-refractivity contribution in [2.24, 2.45) is 0 Å². The quantitative estimate of drug-likeness (QED) is 0.120. The maximum atomic E-state index is 4.75. The molecule has 10 rings (SSSR count). The Morgan fingerprint density at radius 3 is 1.74 bits per heavy atom. The first-order valence-electron chi connectivity index (χ1n) is 23.4. The monoisotopic (exact) mass is 870 g/mol. The van der Waals surface area contributed by atoms with Gasteiger partial charge in [0.05, 0.1) is 5.41 Å². The Kier molecular flexibility index (Phi) is 14.2. The van der Waals surface area contributed by atoms with E-state index in [0.29, 0.717) is 0 Å². The molecule has 1 heterocycles. The van der Waals surface area contributed by atoms with Gasteiger partial charge in [-0.2, -0.15) is 0 Å². The van der Waals surface area contributed by atoms with Crippen molar-refractivity contribution in [2.45, 2.75) is 47.0 Å². The fourth-order valence-corrected chi connectivity index (χ4v) is 10.7. The Morgan fingerprint density at radius 1 is 0.470 bits per heavy atom. The molecule has 0 nitrogen and oxygen atoms in total. The fourth-order valence-electron chi connectivity index (χ4n) is 9.55. The summed E-state index contributed by atoms with van der Waals surface area (Å²) < 4.78 is 2.63. The zero-order chi connectivity index (χ0) is 46.0. The number of fused-ring (bicyclic) bond motifs is 6. The molecule has 0 saturated carbocycles. The van der Waals surface area contributed by atoms with E-state index < -0.39 is 5.41 Å². The van der Waals surface area contributed by atoms with Crippen molar-refractivity contribution >= 4 is 48.7 Å². The van der Waals surface area contributed by atoms with Crippen LogP contribution in [0.25, 0.3) is 59.6 Å². The smallest absolute Gasteiger partial charge is 0.0721 e. The summed E-state index contributed by atoms with van der Waals surface area (Å²) in [6.45, 7) is 17.1. The first kappa shape index (κ1) is 45.3. The summed E-state index contributed by atoms with van der Waals surface area (Å²) in [6, 6.07) is 69.2. The van der Waals surface area contributed by atoms with Gasteiger partial charge in [0, 0.05) is 20.2 Å². The van der Waals surface area contributed by atoms with Crippen LogP contribution in [-0.4, -0.2) is 0 Å². The minimum Gasteiger partial charge on any atom is -0.135 e. The van der Waals surface area contributed by atoms with E-state index in [0.717, 1.165) is 27.8 Å². The highest BCUT2D eigenvalue weighted by molar-refractivity contribution is 7.25. The molecule has 324 valence electrons. The minimum absolute atomic E-state index is 0.590. The third kappa shape index (κ3) is 8.51. The van der Waals surface area contributed by atoms with Gasteiger partial charge >= 0.3 is 0 Å². The highest BCUT2D eigenvalue weighted by Gasteiger charge is 2.47. The van der Waals surface area contributed by atoms with Gasteiger partial charge in [0.2, 0.25) is 0 Å². The van der Waals surface area contributed by atoms with Crippen molar-refractivity contribution in [2.75, 3.05) is 0 Å². The summed E-state index contributed by atoms with van der Waals surface area (Å²) in [5.74, 6) is 0. The maximum Gasteiger partial charge on any atom is 0.0721 e. The Balaban J connectivity index is 0.00000144. The number of aryl methyl sites for hydroxylation is 1. The summed E-state index contributed by atoms with van der Waals surface area (Å²) in [7, 11) is 0. The van der Waals surface area contributed by atoms with Gasteiger partial charge in [0.15, 0.2) is 0 Å². The molecule has 8 aromatic carbocycles. The Morgan fingerprint density at radius 2 is 1.03 bits per heavy atom. The molecule has 66 heavy (non-hydrogen) atoms. The van der Waals surface area contributed by atoms with E-state index >= 15 is 0 Å². The molecule has 9 aromatic rings. The first-order chi connectivity index (χ1) is 32.5. The van der Waals surface area contributed by atoms with Crippen molar-refractivity contribution < 1.29 is 0 Å². The highest BCUT2D eigenvalue weighted by atomic mass is 32.1. The lowest BCUT2D eigenvalue weighted by Gasteiger charge is -2.36. The summed E-state index contributed by atoms with van der Waals surface area (Å²) in [6.07, 6.45) is 15.0. The second-order valence-corrected chi connectivity index (χ2v) is 17.2. The van der Waals surface area contributed by atoms with Gasteiger partial charge in [-0.05, 0) is 128 Å². The molecule has 0 aliphatic heterocycles. The molecule has 0 amide bonds. The molecule has 1 atom stereocenters. The highest BCUT2D eigenvalue weighted by Crippen LogP contribution is 2.58. The van der Waals surface area contributed by atoms with Crippen LogP contribution in [0.1, 0.15) is 84.7 Å². The molecule has 1 unspecified atom stereocenters. The van der Waals surface area contributed by atoms with E-state index in [2.05, 4.69) is 238 Å². The Hall–Kier alpha value is -7.32. The van der Waals surface area contributed by atoms with E-state index in [4.69, 9.17) is 6.58 Å². The predicted molar refractivity (Wildman–Crippen MR) is 291 cm³/mol. The molecule has 1 aliphatic rings. The average molecular weight is 871 g/mol. The van der Waals surface area contributed by atoms with Crippen LogP contribution in [0.2, 0.25) is 0 Å². The Labute approximate surface area is 397 Å². The van der Waals surface area contributed by atoms with Crippen LogP contribution in [0.15, 0.2) is 231 Å². The van der Waals surface area contributed by atoms with Crippen LogP contribution in [0, 0.1) is 6.92 Å². The lowest BCUT2D eigenvalue weighted by molar-refractivity contribution is 0.759. The predicted octanol–water partition coefficient (Wildman–Crippen LogP) is 18.7. The molecule has 0 spiro atoms. The molecular formula is C65H58S. The van der Waals surface area contributed by atoms with Crippen LogP contribution in [-0.2, 0) is 5.41 Å². The Bertz CT molecular complexity index is 3220. The van der Waals surface area contributed by atoms with Crippen molar-refractivity contribution in [3.05, 3.63) is 281 Å². The number of benzene rings is 8. The molecule has 0 fully saturated rings. The molecule has 1 heteroatoms. The lowest BCUT2D eigenvalue weighted by atomic mass is 9.65. The summed E-state index contributed by atoms with van der Waals surface area (Å²) in [5, 5.41) is 2.63. The topological polar surface area (TPSA) is 0 Å². The fraction of sp³-hybridized carbons (Fsp3) is 0.108. The van der Waals surface area contributed by atoms with Crippen LogP contribution in [0.5, 0.6) is 0 Å². The SMILES string of the molecule is C=C(C=C(c1ccccc1)c1ccccc1)c1ccc2c(c1)-c1cc(-c3ccc4c(c3)sc3ccccc34)ccc1C2(c1ccccc1C)c1ccccc1\C=C/C=C\C=C\C.CC.CC. The van der Waals surface area contributed by atoms with Gasteiger partial charge in [-0.25, -0.2) is 0 Å². The van der Waals surface area contributed by atoms with Crippen molar-refractivity contribution in [3.8, 4) is 22.3 Å². The number of hydrogen-bond donors (Lipinski definition) is 0. The number of hydrogen-bond acceptors (Lipinski definition) is 1. The average Bonchev–Trinajstić information content (AvgIpc) is 3.90. The molecule has 0 saturated heterocycles. The normalized spacial score (nSPS) is 13.8. The molecule has 1 aliphatic carbocycles. The second kappa shape index (κ2) is 20.7. The van der Waals surface area contributed by atoms with Crippen molar-refractivity contribution in [3.63, 3.8) is 0 Å². The van der Waals surface area contributed by atoms with E-state index in [9.17, 15) is 0 Å². The van der Waals surface area contributed by atoms with E-state index in [1.165, 1.54) is 75.8 Å². The number of rotatable bonds is 10. The van der Waals surface area contributed by atoms with E-state index in [1.54, 1.807) is 0 Å². The van der Waals surface area contributed by atoms with Gasteiger partial charge in [-0.15, -0.1) is 11.3 Å². The summed E-state index contributed by atoms with van der Waals surface area (Å²) in [4.78, 5) is 0.